The van der Waals surface area contributed by atoms with Crippen LogP contribution in [0.15, 0.2) is 29.1 Å². The molecule has 1 fully saturated rings. The Labute approximate surface area is 170 Å². The minimum Gasteiger partial charge on any atom is -0.378 e. The lowest BCUT2D eigenvalue weighted by atomic mass is 10.3. The molecule has 0 unspecified atom stereocenters. The number of hydrogen-bond donors (Lipinski definition) is 1. The number of halogens is 2. The van der Waals surface area contributed by atoms with E-state index in [2.05, 4.69) is 10.3 Å². The maximum Gasteiger partial charge on any atom is 0.279 e. The number of ether oxygens (including phenoxy) is 1. The molecule has 1 aliphatic heterocycles. The molecular weight excluding hydrogens is 396 g/mol. The second-order valence-corrected chi connectivity index (χ2v) is 7.16. The summed E-state index contributed by atoms with van der Waals surface area (Å²) in [6.07, 6.45) is 0. The number of amides is 1. The molecule has 10 heteroatoms. The third-order valence-corrected chi connectivity index (χ3v) is 5.16. The monoisotopic (exact) mass is 417 g/mol. The van der Waals surface area contributed by atoms with Crippen molar-refractivity contribution >= 4 is 28.6 Å². The quantitative estimate of drug-likeness (QED) is 0.700. The smallest absolute Gasteiger partial charge is 0.279 e. The van der Waals surface area contributed by atoms with Crippen LogP contribution < -0.4 is 15.8 Å². The molecule has 3 aromatic rings. The Morgan fingerprint density at radius 1 is 1.20 bits per heavy atom. The van der Waals surface area contributed by atoms with Crippen LogP contribution >= 0.6 is 0 Å². The zero-order chi connectivity index (χ0) is 21.4. The van der Waals surface area contributed by atoms with Crippen molar-refractivity contribution in [2.45, 2.75) is 13.5 Å². The Hall–Kier alpha value is -3.27. The SMILES string of the molecule is Cc1cc2nc(N3CCOCC3)n(CC(=O)Nc3ccc(F)c(F)c3)c(=O)c2n1C. The average Bonchev–Trinajstić information content (AvgIpc) is 3.01. The molecule has 0 aliphatic carbocycles. The van der Waals surface area contributed by atoms with Gasteiger partial charge in [0.15, 0.2) is 11.6 Å². The van der Waals surface area contributed by atoms with Gasteiger partial charge in [0.1, 0.15) is 12.1 Å². The molecule has 0 bridgehead atoms. The lowest BCUT2D eigenvalue weighted by molar-refractivity contribution is -0.116. The van der Waals surface area contributed by atoms with Crippen molar-refractivity contribution in [3.8, 4) is 0 Å². The van der Waals surface area contributed by atoms with Gasteiger partial charge in [-0.15, -0.1) is 0 Å². The molecule has 4 rings (SSSR count). The summed E-state index contributed by atoms with van der Waals surface area (Å²) in [5, 5.41) is 2.50. The fourth-order valence-corrected chi connectivity index (χ4v) is 3.50. The lowest BCUT2D eigenvalue weighted by Crippen LogP contribution is -2.42. The number of nitrogens with zero attached hydrogens (tertiary/aromatic N) is 4. The van der Waals surface area contributed by atoms with Crippen molar-refractivity contribution in [2.24, 2.45) is 7.05 Å². The first-order chi connectivity index (χ1) is 14.3. The van der Waals surface area contributed by atoms with Gasteiger partial charge in [0.25, 0.3) is 5.56 Å². The molecule has 8 nitrogen and oxygen atoms in total. The third kappa shape index (κ3) is 3.65. The lowest BCUT2D eigenvalue weighted by Gasteiger charge is -2.29. The highest BCUT2D eigenvalue weighted by Crippen LogP contribution is 2.19. The van der Waals surface area contributed by atoms with E-state index in [4.69, 9.17) is 4.74 Å². The second kappa shape index (κ2) is 7.86. The van der Waals surface area contributed by atoms with Gasteiger partial charge >= 0.3 is 0 Å². The van der Waals surface area contributed by atoms with E-state index in [-0.39, 0.29) is 17.8 Å². The molecule has 3 heterocycles. The van der Waals surface area contributed by atoms with E-state index in [1.165, 1.54) is 10.6 Å². The molecule has 0 spiro atoms. The van der Waals surface area contributed by atoms with Crippen LogP contribution in [0.2, 0.25) is 0 Å². The van der Waals surface area contributed by atoms with Crippen molar-refractivity contribution < 1.29 is 18.3 Å². The predicted octanol–water partition coefficient (Wildman–Crippen LogP) is 1.80. The van der Waals surface area contributed by atoms with Gasteiger partial charge in [-0.1, -0.05) is 0 Å². The van der Waals surface area contributed by atoms with Crippen molar-refractivity contribution in [1.29, 1.82) is 0 Å². The van der Waals surface area contributed by atoms with Gasteiger partial charge in [-0.25, -0.2) is 13.8 Å². The third-order valence-electron chi connectivity index (χ3n) is 5.16. The number of benzene rings is 1. The summed E-state index contributed by atoms with van der Waals surface area (Å²) in [6.45, 7) is 3.60. The van der Waals surface area contributed by atoms with Gasteiger partial charge in [-0.05, 0) is 25.1 Å². The van der Waals surface area contributed by atoms with Gasteiger partial charge in [-0.3, -0.25) is 14.2 Å². The fraction of sp³-hybridized carbons (Fsp3) is 0.350. The van der Waals surface area contributed by atoms with Gasteiger partial charge in [0, 0.05) is 37.6 Å². The molecule has 1 aliphatic rings. The summed E-state index contributed by atoms with van der Waals surface area (Å²) in [7, 11) is 1.76. The van der Waals surface area contributed by atoms with Gasteiger partial charge < -0.3 is 19.5 Å². The molecule has 0 saturated carbocycles. The predicted molar refractivity (Wildman–Crippen MR) is 108 cm³/mol. The first-order valence-corrected chi connectivity index (χ1v) is 9.49. The Morgan fingerprint density at radius 3 is 2.63 bits per heavy atom. The maximum absolute atomic E-state index is 13.4. The van der Waals surface area contributed by atoms with Crippen LogP contribution in [-0.4, -0.2) is 46.3 Å². The molecule has 0 atom stereocenters. The highest BCUT2D eigenvalue weighted by Gasteiger charge is 2.22. The van der Waals surface area contributed by atoms with Crippen LogP contribution in [0.4, 0.5) is 20.4 Å². The molecular formula is C20H21F2N5O3. The van der Waals surface area contributed by atoms with E-state index in [0.29, 0.717) is 43.3 Å². The molecule has 0 radical (unpaired) electrons. The molecule has 2 aromatic heterocycles. The first-order valence-electron chi connectivity index (χ1n) is 9.49. The van der Waals surface area contributed by atoms with E-state index in [9.17, 15) is 18.4 Å². The van der Waals surface area contributed by atoms with Crippen LogP contribution in [0.25, 0.3) is 11.0 Å². The molecule has 30 heavy (non-hydrogen) atoms. The molecule has 1 saturated heterocycles. The minimum absolute atomic E-state index is 0.101. The van der Waals surface area contributed by atoms with E-state index in [1.54, 1.807) is 11.6 Å². The van der Waals surface area contributed by atoms with Crippen molar-refractivity contribution in [3.05, 3.63) is 51.9 Å². The number of anilines is 2. The zero-order valence-electron chi connectivity index (χ0n) is 16.6. The number of carbonyl (C=O) groups excluding carboxylic acids is 1. The number of aryl methyl sites for hydroxylation is 2. The number of nitrogens with one attached hydrogen (secondary N) is 1. The Morgan fingerprint density at radius 2 is 1.93 bits per heavy atom. The molecule has 1 amide bonds. The number of hydrogen-bond acceptors (Lipinski definition) is 5. The number of rotatable bonds is 4. The number of morpholine rings is 1. The summed E-state index contributed by atoms with van der Waals surface area (Å²) >= 11 is 0. The van der Waals surface area contributed by atoms with E-state index < -0.39 is 17.5 Å². The summed E-state index contributed by atoms with van der Waals surface area (Å²) in [4.78, 5) is 32.4. The topological polar surface area (TPSA) is 81.4 Å². The number of aromatic nitrogens is 3. The zero-order valence-corrected chi connectivity index (χ0v) is 16.6. The van der Waals surface area contributed by atoms with Crippen molar-refractivity contribution in [2.75, 3.05) is 36.5 Å². The van der Waals surface area contributed by atoms with Crippen LogP contribution in [0.1, 0.15) is 5.69 Å². The van der Waals surface area contributed by atoms with Crippen molar-refractivity contribution in [1.82, 2.24) is 14.1 Å². The summed E-state index contributed by atoms with van der Waals surface area (Å²) < 4.78 is 35.0. The fourth-order valence-electron chi connectivity index (χ4n) is 3.50. The Bertz CT molecular complexity index is 1180. The largest absolute Gasteiger partial charge is 0.378 e. The minimum atomic E-state index is -1.07. The standard InChI is InChI=1S/C20H21F2N5O3/c1-12-9-16-18(25(12)2)19(29)27(20(24-16)26-5-7-30-8-6-26)11-17(28)23-13-3-4-14(21)15(22)10-13/h3-4,9-10H,5-8,11H2,1-2H3,(H,23,28). The van der Waals surface area contributed by atoms with Crippen LogP contribution in [0, 0.1) is 18.6 Å². The second-order valence-electron chi connectivity index (χ2n) is 7.16. The average molecular weight is 417 g/mol. The molecule has 1 aromatic carbocycles. The molecule has 1 N–H and O–H groups in total. The van der Waals surface area contributed by atoms with Gasteiger partial charge in [0.2, 0.25) is 11.9 Å². The molecule has 158 valence electrons. The number of fused-ring (bicyclic) bond motifs is 1. The van der Waals surface area contributed by atoms with Crippen LogP contribution in [0.5, 0.6) is 0 Å². The summed E-state index contributed by atoms with van der Waals surface area (Å²) in [5.74, 6) is -2.25. The number of carbonyl (C=O) groups is 1. The van der Waals surface area contributed by atoms with E-state index >= 15 is 0 Å². The van der Waals surface area contributed by atoms with Crippen LogP contribution in [-0.2, 0) is 23.1 Å². The normalized spacial score (nSPS) is 14.3. The maximum atomic E-state index is 13.4. The highest BCUT2D eigenvalue weighted by molar-refractivity contribution is 5.91. The highest BCUT2D eigenvalue weighted by atomic mass is 19.2. The van der Waals surface area contributed by atoms with Crippen molar-refractivity contribution in [3.63, 3.8) is 0 Å². The van der Waals surface area contributed by atoms with Gasteiger partial charge in [-0.2, -0.15) is 0 Å². The summed E-state index contributed by atoms with van der Waals surface area (Å²) in [5.41, 5.74) is 1.57. The summed E-state index contributed by atoms with van der Waals surface area (Å²) in [6, 6.07) is 4.90. The Balaban J connectivity index is 1.72. The van der Waals surface area contributed by atoms with E-state index in [1.807, 2.05) is 17.9 Å². The first kappa shape index (κ1) is 20.0. The van der Waals surface area contributed by atoms with Gasteiger partial charge in [0.05, 0.1) is 18.7 Å². The van der Waals surface area contributed by atoms with Crippen LogP contribution in [0.3, 0.4) is 0 Å². The Kier molecular flexibility index (Phi) is 5.25. The van der Waals surface area contributed by atoms with E-state index in [0.717, 1.165) is 17.8 Å².